The van der Waals surface area contributed by atoms with E-state index in [1.54, 1.807) is 0 Å². The van der Waals surface area contributed by atoms with E-state index in [1.807, 2.05) is 30.3 Å². The summed E-state index contributed by atoms with van der Waals surface area (Å²) >= 11 is 0. The maximum atomic E-state index is 12.4. The molecule has 0 bridgehead atoms. The summed E-state index contributed by atoms with van der Waals surface area (Å²) in [4.78, 5) is 31.1. The fourth-order valence-electron chi connectivity index (χ4n) is 3.24. The van der Waals surface area contributed by atoms with Gasteiger partial charge >= 0.3 is 0 Å². The number of piperazine rings is 1. The number of amides is 2. The lowest BCUT2D eigenvalue weighted by atomic mass is 9.94. The minimum absolute atomic E-state index is 0.0456. The van der Waals surface area contributed by atoms with Crippen molar-refractivity contribution in [1.29, 1.82) is 0 Å². The first-order chi connectivity index (χ1) is 13.3. The Balaban J connectivity index is 1.56. The highest BCUT2D eigenvalue weighted by Gasteiger charge is 2.33. The molecule has 2 aromatic rings. The Morgan fingerprint density at radius 3 is 2.79 bits per heavy atom. The third-order valence-electron chi connectivity index (χ3n) is 4.43. The maximum absolute atomic E-state index is 12.4. The number of carbonyl (C=O) groups is 2. The monoisotopic (exact) mass is 385 g/mol. The summed E-state index contributed by atoms with van der Waals surface area (Å²) in [6.45, 7) is 8.60. The molecule has 0 radical (unpaired) electrons. The predicted molar refractivity (Wildman–Crippen MR) is 104 cm³/mol. The van der Waals surface area contributed by atoms with Crippen LogP contribution in [-0.4, -0.2) is 52.5 Å². The number of nitrogens with zero attached hydrogens (tertiary/aromatic N) is 3. The van der Waals surface area contributed by atoms with Crippen molar-refractivity contribution in [2.45, 2.75) is 39.8 Å². The summed E-state index contributed by atoms with van der Waals surface area (Å²) in [6.07, 6.45) is 0.0988. The van der Waals surface area contributed by atoms with Crippen LogP contribution in [0.1, 0.15) is 33.1 Å². The van der Waals surface area contributed by atoms with Crippen molar-refractivity contribution in [3.63, 3.8) is 0 Å². The first-order valence-corrected chi connectivity index (χ1v) is 9.48. The van der Waals surface area contributed by atoms with Gasteiger partial charge in [0.2, 0.25) is 23.5 Å². The van der Waals surface area contributed by atoms with Crippen molar-refractivity contribution < 1.29 is 14.1 Å². The van der Waals surface area contributed by atoms with Crippen molar-refractivity contribution in [2.75, 3.05) is 19.6 Å². The minimum atomic E-state index is -0.462. The molecule has 3 rings (SSSR count). The third kappa shape index (κ3) is 5.39. The number of nitrogens with one attached hydrogen (secondary N) is 2. The Morgan fingerprint density at radius 2 is 2.07 bits per heavy atom. The lowest BCUT2D eigenvalue weighted by molar-refractivity contribution is -0.134. The Hall–Kier alpha value is -2.74. The van der Waals surface area contributed by atoms with E-state index < -0.39 is 6.04 Å². The van der Waals surface area contributed by atoms with Crippen LogP contribution in [0.5, 0.6) is 0 Å². The molecule has 1 atom stereocenters. The summed E-state index contributed by atoms with van der Waals surface area (Å²) < 4.78 is 5.20. The molecule has 1 aliphatic heterocycles. The number of aromatic nitrogens is 2. The van der Waals surface area contributed by atoms with Crippen LogP contribution in [0.25, 0.3) is 11.4 Å². The van der Waals surface area contributed by atoms with Gasteiger partial charge in [0, 0.05) is 25.2 Å². The van der Waals surface area contributed by atoms with E-state index in [2.05, 4.69) is 46.4 Å². The van der Waals surface area contributed by atoms with Gasteiger partial charge in [-0.1, -0.05) is 56.3 Å². The Kier molecular flexibility index (Phi) is 6.08. The zero-order valence-corrected chi connectivity index (χ0v) is 16.6. The standard InChI is InChI=1S/C20H27N5O3/c1-20(2,3)13-25-10-9-21-19(27)15(25)11-16(26)22-12-17-23-18(24-28-17)14-7-5-4-6-8-14/h4-8,15H,9-13H2,1-3H3,(H,21,27)(H,22,26). The fraction of sp³-hybridized carbons (Fsp3) is 0.500. The second-order valence-electron chi connectivity index (χ2n) is 8.20. The van der Waals surface area contributed by atoms with E-state index in [1.165, 1.54) is 0 Å². The molecule has 8 heteroatoms. The molecule has 0 aliphatic carbocycles. The number of carbonyl (C=O) groups excluding carboxylic acids is 2. The van der Waals surface area contributed by atoms with Crippen LogP contribution in [0.2, 0.25) is 0 Å². The van der Waals surface area contributed by atoms with Crippen molar-refractivity contribution in [3.05, 3.63) is 36.2 Å². The molecule has 2 amide bonds. The Labute approximate surface area is 164 Å². The summed E-state index contributed by atoms with van der Waals surface area (Å²) in [6, 6.07) is 9.01. The normalized spacial score (nSPS) is 18.0. The second-order valence-corrected chi connectivity index (χ2v) is 8.20. The van der Waals surface area contributed by atoms with Gasteiger partial charge in [-0.05, 0) is 5.41 Å². The van der Waals surface area contributed by atoms with E-state index in [0.717, 1.165) is 18.7 Å². The summed E-state index contributed by atoms with van der Waals surface area (Å²) in [5, 5.41) is 9.55. The smallest absolute Gasteiger partial charge is 0.246 e. The van der Waals surface area contributed by atoms with E-state index in [-0.39, 0.29) is 30.2 Å². The van der Waals surface area contributed by atoms with Gasteiger partial charge in [-0.15, -0.1) is 0 Å². The number of benzene rings is 1. The molecule has 1 aromatic heterocycles. The molecule has 150 valence electrons. The average molecular weight is 385 g/mol. The largest absolute Gasteiger partial charge is 0.353 e. The van der Waals surface area contributed by atoms with Crippen LogP contribution in [0, 0.1) is 5.41 Å². The summed E-state index contributed by atoms with van der Waals surface area (Å²) in [5.41, 5.74) is 0.893. The molecule has 0 spiro atoms. The highest BCUT2D eigenvalue weighted by molar-refractivity contribution is 5.88. The van der Waals surface area contributed by atoms with Crippen molar-refractivity contribution in [2.24, 2.45) is 5.41 Å². The lowest BCUT2D eigenvalue weighted by Gasteiger charge is -2.38. The summed E-state index contributed by atoms with van der Waals surface area (Å²) in [5.74, 6) is 0.481. The average Bonchev–Trinajstić information content (AvgIpc) is 3.11. The van der Waals surface area contributed by atoms with E-state index in [9.17, 15) is 9.59 Å². The third-order valence-corrected chi connectivity index (χ3v) is 4.43. The SMILES string of the molecule is CC(C)(C)CN1CCNC(=O)C1CC(=O)NCc1nc(-c2ccccc2)no1. The number of rotatable bonds is 6. The topological polar surface area (TPSA) is 100 Å². The Morgan fingerprint density at radius 1 is 1.32 bits per heavy atom. The van der Waals surface area contributed by atoms with Crippen LogP contribution in [0.3, 0.4) is 0 Å². The summed E-state index contributed by atoms with van der Waals surface area (Å²) in [7, 11) is 0. The highest BCUT2D eigenvalue weighted by atomic mass is 16.5. The second kappa shape index (κ2) is 8.52. The van der Waals surface area contributed by atoms with E-state index >= 15 is 0 Å². The van der Waals surface area contributed by atoms with E-state index in [0.29, 0.717) is 18.3 Å². The van der Waals surface area contributed by atoms with Crippen molar-refractivity contribution in [1.82, 2.24) is 25.7 Å². The molecule has 2 heterocycles. The van der Waals surface area contributed by atoms with Gasteiger partial charge in [0.05, 0.1) is 19.0 Å². The van der Waals surface area contributed by atoms with Crippen LogP contribution < -0.4 is 10.6 Å². The maximum Gasteiger partial charge on any atom is 0.246 e. The zero-order chi connectivity index (χ0) is 20.1. The molecule has 1 aromatic carbocycles. The van der Waals surface area contributed by atoms with E-state index in [4.69, 9.17) is 4.52 Å². The van der Waals surface area contributed by atoms with Gasteiger partial charge in [0.25, 0.3) is 0 Å². The molecule has 0 saturated carbocycles. The minimum Gasteiger partial charge on any atom is -0.353 e. The van der Waals surface area contributed by atoms with Gasteiger partial charge in [-0.25, -0.2) is 0 Å². The van der Waals surface area contributed by atoms with Gasteiger partial charge in [-0.3, -0.25) is 14.5 Å². The fourth-order valence-corrected chi connectivity index (χ4v) is 3.24. The predicted octanol–water partition coefficient (Wildman–Crippen LogP) is 1.59. The molecular formula is C20H27N5O3. The van der Waals surface area contributed by atoms with Crippen LogP contribution in [-0.2, 0) is 16.1 Å². The van der Waals surface area contributed by atoms with Gasteiger partial charge in [-0.2, -0.15) is 4.98 Å². The van der Waals surface area contributed by atoms with Crippen molar-refractivity contribution >= 4 is 11.8 Å². The van der Waals surface area contributed by atoms with Crippen molar-refractivity contribution in [3.8, 4) is 11.4 Å². The van der Waals surface area contributed by atoms with Crippen LogP contribution >= 0.6 is 0 Å². The highest BCUT2D eigenvalue weighted by Crippen LogP contribution is 2.20. The molecule has 1 unspecified atom stereocenters. The molecule has 1 aliphatic rings. The van der Waals surface area contributed by atoms with Gasteiger partial charge in [0.1, 0.15) is 0 Å². The molecule has 2 N–H and O–H groups in total. The molecule has 8 nitrogen and oxygen atoms in total. The molecule has 28 heavy (non-hydrogen) atoms. The Bertz CT molecular complexity index is 813. The first kappa shape index (κ1) is 20.0. The quantitative estimate of drug-likeness (QED) is 0.783. The zero-order valence-electron chi connectivity index (χ0n) is 16.6. The molecule has 1 saturated heterocycles. The van der Waals surface area contributed by atoms with Crippen LogP contribution in [0.15, 0.2) is 34.9 Å². The number of hydrogen-bond donors (Lipinski definition) is 2. The molecule has 1 fully saturated rings. The van der Waals surface area contributed by atoms with Gasteiger partial charge in [0.15, 0.2) is 0 Å². The molecular weight excluding hydrogens is 358 g/mol. The van der Waals surface area contributed by atoms with Crippen LogP contribution in [0.4, 0.5) is 0 Å². The van der Waals surface area contributed by atoms with Gasteiger partial charge < -0.3 is 15.2 Å². The lowest BCUT2D eigenvalue weighted by Crippen LogP contribution is -2.58. The first-order valence-electron chi connectivity index (χ1n) is 9.48. The number of hydrogen-bond acceptors (Lipinski definition) is 6.